The maximum Gasteiger partial charge on any atom is 0.225 e. The van der Waals surface area contributed by atoms with Crippen molar-refractivity contribution in [3.05, 3.63) is 53.1 Å². The van der Waals surface area contributed by atoms with Gasteiger partial charge in [0, 0.05) is 22.1 Å². The van der Waals surface area contributed by atoms with Gasteiger partial charge in [0.2, 0.25) is 5.91 Å². The molecule has 0 atom stereocenters. The van der Waals surface area contributed by atoms with Crippen molar-refractivity contribution in [1.82, 2.24) is 0 Å². The Bertz CT molecular complexity index is 723. The second-order valence-corrected chi connectivity index (χ2v) is 8.37. The Kier molecular flexibility index (Phi) is 6.79. The summed E-state index contributed by atoms with van der Waals surface area (Å²) in [6, 6.07) is 13.5. The molecule has 0 bridgehead atoms. The molecule has 2 rings (SSSR count). The lowest BCUT2D eigenvalue weighted by Gasteiger charge is -2.21. The largest absolute Gasteiger partial charge is 0.495 e. The van der Waals surface area contributed by atoms with Crippen molar-refractivity contribution in [1.29, 1.82) is 0 Å². The van der Waals surface area contributed by atoms with Gasteiger partial charge in [-0.05, 0) is 47.4 Å². The first-order valence-electron chi connectivity index (χ1n) is 8.16. The van der Waals surface area contributed by atoms with Crippen LogP contribution in [0.3, 0.4) is 0 Å². The highest BCUT2D eigenvalue weighted by Gasteiger charge is 2.17. The van der Waals surface area contributed by atoms with Gasteiger partial charge in [0.15, 0.2) is 0 Å². The van der Waals surface area contributed by atoms with E-state index in [2.05, 4.69) is 26.1 Å². The van der Waals surface area contributed by atoms with E-state index in [0.717, 1.165) is 16.1 Å². The van der Waals surface area contributed by atoms with E-state index in [4.69, 9.17) is 16.3 Å². The average molecular weight is 378 g/mol. The number of rotatable bonds is 6. The molecule has 0 spiro atoms. The Labute approximate surface area is 159 Å². The lowest BCUT2D eigenvalue weighted by Crippen LogP contribution is -2.15. The van der Waals surface area contributed by atoms with Crippen LogP contribution < -0.4 is 10.1 Å². The number of amides is 1. The molecule has 1 N–H and O–H groups in total. The number of ether oxygens (including phenoxy) is 1. The normalized spacial score (nSPS) is 11.2. The Balaban J connectivity index is 1.96. The van der Waals surface area contributed by atoms with Gasteiger partial charge in [-0.3, -0.25) is 4.79 Å². The molecule has 0 unspecified atom stereocenters. The third-order valence-corrected chi connectivity index (χ3v) is 5.02. The van der Waals surface area contributed by atoms with Crippen molar-refractivity contribution in [2.24, 2.45) is 0 Å². The molecule has 2 aromatic carbocycles. The van der Waals surface area contributed by atoms with E-state index in [1.807, 2.05) is 42.5 Å². The molecule has 0 saturated heterocycles. The number of anilines is 1. The van der Waals surface area contributed by atoms with Gasteiger partial charge in [0.05, 0.1) is 12.8 Å². The number of carbonyl (C=O) groups is 1. The summed E-state index contributed by atoms with van der Waals surface area (Å²) in [4.78, 5) is 13.4. The van der Waals surface area contributed by atoms with Crippen LogP contribution in [0.1, 0.15) is 32.8 Å². The second-order valence-electron chi connectivity index (χ2n) is 6.77. The number of hydrogen-bond donors (Lipinski definition) is 1. The maximum atomic E-state index is 12.3. The predicted molar refractivity (Wildman–Crippen MR) is 107 cm³/mol. The van der Waals surface area contributed by atoms with E-state index in [-0.39, 0.29) is 11.3 Å². The lowest BCUT2D eigenvalue weighted by molar-refractivity contribution is -0.115. The molecule has 2 aromatic rings. The Morgan fingerprint density at radius 2 is 1.84 bits per heavy atom. The van der Waals surface area contributed by atoms with Gasteiger partial charge in [0.1, 0.15) is 5.75 Å². The fraction of sp³-hybridized carbons (Fsp3) is 0.350. The molecular formula is C20H24ClNO2S. The third kappa shape index (κ3) is 5.98. The van der Waals surface area contributed by atoms with Crippen molar-refractivity contribution in [3.63, 3.8) is 0 Å². The Morgan fingerprint density at radius 3 is 2.44 bits per heavy atom. The van der Waals surface area contributed by atoms with E-state index in [1.54, 1.807) is 18.9 Å². The summed E-state index contributed by atoms with van der Waals surface area (Å²) < 4.78 is 5.37. The van der Waals surface area contributed by atoms with Gasteiger partial charge in [-0.15, -0.1) is 11.8 Å². The number of hydrogen-bond acceptors (Lipinski definition) is 3. The third-order valence-electron chi connectivity index (χ3n) is 3.75. The van der Waals surface area contributed by atoms with Gasteiger partial charge < -0.3 is 10.1 Å². The average Bonchev–Trinajstić information content (AvgIpc) is 2.56. The summed E-state index contributed by atoms with van der Waals surface area (Å²) >= 11 is 7.51. The van der Waals surface area contributed by atoms with E-state index in [9.17, 15) is 4.79 Å². The van der Waals surface area contributed by atoms with E-state index in [1.165, 1.54) is 0 Å². The fourth-order valence-electron chi connectivity index (χ4n) is 2.28. The zero-order chi connectivity index (χ0) is 18.4. The van der Waals surface area contributed by atoms with Crippen molar-refractivity contribution in [3.8, 4) is 5.75 Å². The highest BCUT2D eigenvalue weighted by Crippen LogP contribution is 2.31. The summed E-state index contributed by atoms with van der Waals surface area (Å²) in [5.74, 6) is 1.35. The van der Waals surface area contributed by atoms with E-state index >= 15 is 0 Å². The van der Waals surface area contributed by atoms with Crippen LogP contribution in [0.25, 0.3) is 0 Å². The molecule has 5 heteroatoms. The van der Waals surface area contributed by atoms with Crippen LogP contribution in [0.2, 0.25) is 5.02 Å². The number of thioether (sulfide) groups is 1. The predicted octanol–water partition coefficient (Wildman–Crippen LogP) is 5.77. The number of nitrogens with one attached hydrogen (secondary N) is 1. The Morgan fingerprint density at radius 1 is 1.16 bits per heavy atom. The zero-order valence-electron chi connectivity index (χ0n) is 15.1. The van der Waals surface area contributed by atoms with Gasteiger partial charge in [-0.1, -0.05) is 38.4 Å². The smallest absolute Gasteiger partial charge is 0.225 e. The van der Waals surface area contributed by atoms with E-state index in [0.29, 0.717) is 22.9 Å². The molecule has 0 saturated carbocycles. The van der Waals surface area contributed by atoms with Gasteiger partial charge in [0.25, 0.3) is 0 Å². The first-order valence-corrected chi connectivity index (χ1v) is 9.52. The summed E-state index contributed by atoms with van der Waals surface area (Å²) in [6.07, 6.45) is 0.427. The molecule has 0 fully saturated rings. The van der Waals surface area contributed by atoms with Crippen LogP contribution in [-0.4, -0.2) is 18.8 Å². The maximum absolute atomic E-state index is 12.3. The van der Waals surface area contributed by atoms with Crippen molar-refractivity contribution >= 4 is 35.0 Å². The number of carbonyl (C=O) groups excluding carboxylic acids is 1. The van der Waals surface area contributed by atoms with Crippen LogP contribution in [0.4, 0.5) is 5.69 Å². The summed E-state index contributed by atoms with van der Waals surface area (Å²) in [5, 5.41) is 3.69. The fourth-order valence-corrected chi connectivity index (χ4v) is 3.25. The van der Waals surface area contributed by atoms with Crippen molar-refractivity contribution < 1.29 is 9.53 Å². The first kappa shape index (κ1) is 19.7. The topological polar surface area (TPSA) is 38.3 Å². The van der Waals surface area contributed by atoms with Gasteiger partial charge >= 0.3 is 0 Å². The standard InChI is InChI=1S/C20H24ClNO2S/c1-20(2,3)14-5-10-18(24-4)17(13-14)22-19(23)11-12-25-16-8-6-15(21)7-9-16/h5-10,13H,11-12H2,1-4H3,(H,22,23). The summed E-state index contributed by atoms with van der Waals surface area (Å²) in [6.45, 7) is 6.43. The molecule has 0 aliphatic carbocycles. The number of methoxy groups -OCH3 is 1. The summed E-state index contributed by atoms with van der Waals surface area (Å²) in [7, 11) is 1.61. The summed E-state index contributed by atoms with van der Waals surface area (Å²) in [5.41, 5.74) is 1.88. The molecule has 0 radical (unpaired) electrons. The second kappa shape index (κ2) is 8.63. The zero-order valence-corrected chi connectivity index (χ0v) is 16.6. The Hall–Kier alpha value is -1.65. The molecule has 0 aliphatic heterocycles. The molecule has 3 nitrogen and oxygen atoms in total. The van der Waals surface area contributed by atoms with E-state index < -0.39 is 0 Å². The van der Waals surface area contributed by atoms with Crippen LogP contribution in [0.5, 0.6) is 5.75 Å². The van der Waals surface area contributed by atoms with Crippen molar-refractivity contribution in [2.45, 2.75) is 37.5 Å². The molecule has 0 aromatic heterocycles. The molecule has 0 heterocycles. The number of benzene rings is 2. The van der Waals surface area contributed by atoms with Gasteiger partial charge in [-0.25, -0.2) is 0 Å². The minimum atomic E-state index is -0.0224. The molecule has 1 amide bonds. The highest BCUT2D eigenvalue weighted by molar-refractivity contribution is 7.99. The first-order chi connectivity index (χ1) is 11.8. The molecule has 134 valence electrons. The number of halogens is 1. The van der Waals surface area contributed by atoms with Crippen LogP contribution in [-0.2, 0) is 10.2 Å². The SMILES string of the molecule is COc1ccc(C(C)(C)C)cc1NC(=O)CCSc1ccc(Cl)cc1. The van der Waals surface area contributed by atoms with Crippen LogP contribution in [0.15, 0.2) is 47.4 Å². The lowest BCUT2D eigenvalue weighted by atomic mass is 9.87. The van der Waals surface area contributed by atoms with Crippen LogP contribution >= 0.6 is 23.4 Å². The molecular weight excluding hydrogens is 354 g/mol. The molecule has 25 heavy (non-hydrogen) atoms. The van der Waals surface area contributed by atoms with Gasteiger partial charge in [-0.2, -0.15) is 0 Å². The van der Waals surface area contributed by atoms with Crippen molar-refractivity contribution in [2.75, 3.05) is 18.2 Å². The monoisotopic (exact) mass is 377 g/mol. The minimum Gasteiger partial charge on any atom is -0.495 e. The highest BCUT2D eigenvalue weighted by atomic mass is 35.5. The quantitative estimate of drug-likeness (QED) is 0.649. The molecule has 0 aliphatic rings. The minimum absolute atomic E-state index is 0.0101. The van der Waals surface area contributed by atoms with Crippen LogP contribution in [0, 0.1) is 0 Å².